The van der Waals surface area contributed by atoms with Crippen LogP contribution < -0.4 is 15.6 Å². The lowest BCUT2D eigenvalue weighted by molar-refractivity contribution is -0.121. The number of H-pyrrole nitrogens is 1. The van der Waals surface area contributed by atoms with E-state index >= 15 is 0 Å². The van der Waals surface area contributed by atoms with Gasteiger partial charge in [0, 0.05) is 31.0 Å². The van der Waals surface area contributed by atoms with Gasteiger partial charge in [-0.25, -0.2) is 0 Å². The average Bonchev–Trinajstić information content (AvgIpc) is 3.06. The minimum atomic E-state index is -0.170. The minimum Gasteiger partial charge on any atom is -0.457 e. The van der Waals surface area contributed by atoms with E-state index in [2.05, 4.69) is 15.4 Å². The van der Waals surface area contributed by atoms with Gasteiger partial charge in [0.05, 0.1) is 5.69 Å². The van der Waals surface area contributed by atoms with Crippen LogP contribution in [-0.2, 0) is 24.8 Å². The molecule has 7 heteroatoms. The molecule has 0 aliphatic carbocycles. The molecule has 2 heterocycles. The van der Waals surface area contributed by atoms with Crippen molar-refractivity contribution in [3.05, 3.63) is 87.3 Å². The van der Waals surface area contributed by atoms with Crippen LogP contribution >= 0.6 is 0 Å². The second-order valence-corrected chi connectivity index (χ2v) is 7.83. The standard InChI is InChI=1S/C25H26N4O3/c1-16-21(25(31)27-24-23(16)17(2)28-29(24)3)12-13-22(30)26-15-18-8-7-11-20(14-18)32-19-9-5-4-6-10-19/h4-11,14H,12-13,15H2,1-3H3,(H,26,30)(H,27,31). The molecule has 0 saturated heterocycles. The summed E-state index contributed by atoms with van der Waals surface area (Å²) in [4.78, 5) is 27.9. The number of pyridine rings is 1. The summed E-state index contributed by atoms with van der Waals surface area (Å²) >= 11 is 0. The zero-order valence-corrected chi connectivity index (χ0v) is 18.4. The maximum Gasteiger partial charge on any atom is 0.253 e. The van der Waals surface area contributed by atoms with Crippen LogP contribution in [0.3, 0.4) is 0 Å². The van der Waals surface area contributed by atoms with E-state index < -0.39 is 0 Å². The average molecular weight is 431 g/mol. The molecule has 1 amide bonds. The molecule has 4 rings (SSSR count). The number of aryl methyl sites for hydroxylation is 3. The zero-order valence-electron chi connectivity index (χ0n) is 18.4. The molecule has 0 unspecified atom stereocenters. The Hall–Kier alpha value is -3.87. The number of fused-ring (bicyclic) bond motifs is 1. The SMILES string of the molecule is Cc1nn(C)c2[nH]c(=O)c(CCC(=O)NCc3cccc(Oc4ccccc4)c3)c(C)c12. The summed E-state index contributed by atoms with van der Waals surface area (Å²) < 4.78 is 7.52. The third-order valence-corrected chi connectivity index (χ3v) is 5.52. The summed E-state index contributed by atoms with van der Waals surface area (Å²) in [6, 6.07) is 17.2. The predicted octanol–water partition coefficient (Wildman–Crippen LogP) is 3.92. The van der Waals surface area contributed by atoms with Gasteiger partial charge in [-0.3, -0.25) is 14.3 Å². The number of rotatable bonds is 7. The Labute approximate surface area is 186 Å². The topological polar surface area (TPSA) is 89.0 Å². The van der Waals surface area contributed by atoms with Crippen molar-refractivity contribution >= 4 is 16.9 Å². The quantitative estimate of drug-likeness (QED) is 0.465. The van der Waals surface area contributed by atoms with Crippen molar-refractivity contribution in [2.24, 2.45) is 7.05 Å². The van der Waals surface area contributed by atoms with Crippen LogP contribution in [0.1, 0.15) is 28.8 Å². The minimum absolute atomic E-state index is 0.110. The highest BCUT2D eigenvalue weighted by molar-refractivity contribution is 5.83. The van der Waals surface area contributed by atoms with Crippen LogP contribution in [0.5, 0.6) is 11.5 Å². The van der Waals surface area contributed by atoms with Gasteiger partial charge in [0.15, 0.2) is 0 Å². The molecule has 7 nitrogen and oxygen atoms in total. The van der Waals surface area contributed by atoms with Gasteiger partial charge in [0.2, 0.25) is 5.91 Å². The van der Waals surface area contributed by atoms with Crippen molar-refractivity contribution in [2.75, 3.05) is 0 Å². The fourth-order valence-corrected chi connectivity index (χ4v) is 3.93. The van der Waals surface area contributed by atoms with Crippen LogP contribution in [0.25, 0.3) is 11.0 Å². The van der Waals surface area contributed by atoms with Gasteiger partial charge < -0.3 is 15.0 Å². The number of hydrogen-bond donors (Lipinski definition) is 2. The number of amides is 1. The molecular formula is C25H26N4O3. The van der Waals surface area contributed by atoms with E-state index in [1.165, 1.54) is 0 Å². The largest absolute Gasteiger partial charge is 0.457 e. The first-order valence-corrected chi connectivity index (χ1v) is 10.6. The molecule has 0 aliphatic rings. The lowest BCUT2D eigenvalue weighted by Crippen LogP contribution is -2.24. The van der Waals surface area contributed by atoms with Gasteiger partial charge in [-0.1, -0.05) is 30.3 Å². The fourth-order valence-electron chi connectivity index (χ4n) is 3.93. The molecule has 0 radical (unpaired) electrons. The third-order valence-electron chi connectivity index (χ3n) is 5.52. The molecule has 0 bridgehead atoms. The number of hydrogen-bond acceptors (Lipinski definition) is 4. The van der Waals surface area contributed by atoms with Gasteiger partial charge in [-0.05, 0) is 55.7 Å². The van der Waals surface area contributed by atoms with Crippen LogP contribution in [0.4, 0.5) is 0 Å². The Morgan fingerprint density at radius 1 is 1.09 bits per heavy atom. The number of carbonyl (C=O) groups is 1. The Balaban J connectivity index is 1.38. The van der Waals surface area contributed by atoms with Crippen molar-refractivity contribution in [3.63, 3.8) is 0 Å². The summed E-state index contributed by atoms with van der Waals surface area (Å²) in [6.07, 6.45) is 0.601. The summed E-state index contributed by atoms with van der Waals surface area (Å²) in [7, 11) is 1.80. The van der Waals surface area contributed by atoms with E-state index in [-0.39, 0.29) is 17.9 Å². The molecule has 0 fully saturated rings. The van der Waals surface area contributed by atoms with Crippen LogP contribution in [0, 0.1) is 13.8 Å². The highest BCUT2D eigenvalue weighted by Gasteiger charge is 2.15. The second kappa shape index (κ2) is 9.09. The highest BCUT2D eigenvalue weighted by atomic mass is 16.5. The molecule has 0 spiro atoms. The van der Waals surface area contributed by atoms with Gasteiger partial charge in [-0.15, -0.1) is 0 Å². The van der Waals surface area contributed by atoms with Crippen molar-refractivity contribution in [2.45, 2.75) is 33.2 Å². The maximum absolute atomic E-state index is 12.6. The Morgan fingerprint density at radius 2 is 1.84 bits per heavy atom. The Morgan fingerprint density at radius 3 is 2.62 bits per heavy atom. The maximum atomic E-state index is 12.6. The van der Waals surface area contributed by atoms with E-state index in [1.807, 2.05) is 68.4 Å². The van der Waals surface area contributed by atoms with Crippen molar-refractivity contribution in [1.29, 1.82) is 0 Å². The Bertz CT molecular complexity index is 1320. The third kappa shape index (κ3) is 4.56. The van der Waals surface area contributed by atoms with E-state index in [0.717, 1.165) is 28.0 Å². The number of nitrogens with zero attached hydrogens (tertiary/aromatic N) is 2. The molecule has 2 aromatic carbocycles. The number of benzene rings is 2. The molecule has 0 aliphatic heterocycles. The van der Waals surface area contributed by atoms with Crippen molar-refractivity contribution < 1.29 is 9.53 Å². The van der Waals surface area contributed by atoms with Crippen LogP contribution in [-0.4, -0.2) is 20.7 Å². The number of ether oxygens (including phenoxy) is 1. The molecule has 4 aromatic rings. The molecule has 32 heavy (non-hydrogen) atoms. The predicted molar refractivity (Wildman–Crippen MR) is 124 cm³/mol. The second-order valence-electron chi connectivity index (χ2n) is 7.83. The lowest BCUT2D eigenvalue weighted by Gasteiger charge is -2.10. The monoisotopic (exact) mass is 430 g/mol. The molecule has 0 saturated carbocycles. The van der Waals surface area contributed by atoms with Crippen LogP contribution in [0.2, 0.25) is 0 Å². The summed E-state index contributed by atoms with van der Waals surface area (Å²) in [5.41, 5.74) is 3.84. The molecule has 2 N–H and O–H groups in total. The van der Waals surface area contributed by atoms with Gasteiger partial charge in [0.25, 0.3) is 5.56 Å². The molecular weight excluding hydrogens is 404 g/mol. The van der Waals surface area contributed by atoms with Gasteiger partial charge >= 0.3 is 0 Å². The number of aromatic nitrogens is 3. The van der Waals surface area contributed by atoms with Crippen molar-refractivity contribution in [1.82, 2.24) is 20.1 Å². The van der Waals surface area contributed by atoms with E-state index in [4.69, 9.17) is 4.74 Å². The fraction of sp³-hybridized carbons (Fsp3) is 0.240. The summed E-state index contributed by atoms with van der Waals surface area (Å²) in [5.74, 6) is 1.36. The number of para-hydroxylation sites is 1. The molecule has 164 valence electrons. The number of carbonyl (C=O) groups excluding carboxylic acids is 1. The van der Waals surface area contributed by atoms with Crippen molar-refractivity contribution in [3.8, 4) is 11.5 Å². The number of nitrogens with one attached hydrogen (secondary N) is 2. The molecule has 2 aromatic heterocycles. The van der Waals surface area contributed by atoms with E-state index in [9.17, 15) is 9.59 Å². The summed E-state index contributed by atoms with van der Waals surface area (Å²) in [5, 5.41) is 8.25. The van der Waals surface area contributed by atoms with E-state index in [0.29, 0.717) is 29.9 Å². The normalized spacial score (nSPS) is 11.0. The summed E-state index contributed by atoms with van der Waals surface area (Å²) in [6.45, 7) is 4.22. The molecule has 0 atom stereocenters. The first kappa shape index (κ1) is 21.4. The lowest BCUT2D eigenvalue weighted by atomic mass is 10.0. The highest BCUT2D eigenvalue weighted by Crippen LogP contribution is 2.22. The van der Waals surface area contributed by atoms with E-state index in [1.54, 1.807) is 11.7 Å². The number of aromatic amines is 1. The van der Waals surface area contributed by atoms with Gasteiger partial charge in [0.1, 0.15) is 17.1 Å². The zero-order chi connectivity index (χ0) is 22.7. The van der Waals surface area contributed by atoms with Gasteiger partial charge in [-0.2, -0.15) is 5.10 Å². The smallest absolute Gasteiger partial charge is 0.253 e. The first-order chi connectivity index (χ1) is 15.4. The van der Waals surface area contributed by atoms with Crippen LogP contribution in [0.15, 0.2) is 59.4 Å². The Kier molecular flexibility index (Phi) is 6.07. The first-order valence-electron chi connectivity index (χ1n) is 10.6.